The highest BCUT2D eigenvalue weighted by molar-refractivity contribution is 5.19. The van der Waals surface area contributed by atoms with Crippen molar-refractivity contribution in [1.29, 1.82) is 0 Å². The summed E-state index contributed by atoms with van der Waals surface area (Å²) in [7, 11) is 1.93. The molecular formula is C16H27NO2. The monoisotopic (exact) mass is 265 g/mol. The van der Waals surface area contributed by atoms with Crippen LogP contribution >= 0.6 is 0 Å². The van der Waals surface area contributed by atoms with Gasteiger partial charge < -0.3 is 14.5 Å². The van der Waals surface area contributed by atoms with E-state index >= 15 is 0 Å². The number of furan rings is 1. The van der Waals surface area contributed by atoms with Crippen LogP contribution in [-0.2, 0) is 17.9 Å². The Kier molecular flexibility index (Phi) is 5.06. The highest BCUT2D eigenvalue weighted by Crippen LogP contribution is 2.31. The van der Waals surface area contributed by atoms with E-state index in [9.17, 15) is 0 Å². The number of nitrogens with one attached hydrogen (secondary N) is 1. The van der Waals surface area contributed by atoms with Gasteiger partial charge in [-0.2, -0.15) is 0 Å². The summed E-state index contributed by atoms with van der Waals surface area (Å²) in [6.45, 7) is 8.16. The van der Waals surface area contributed by atoms with Crippen molar-refractivity contribution in [2.24, 2.45) is 11.8 Å². The lowest BCUT2D eigenvalue weighted by atomic mass is 9.80. The van der Waals surface area contributed by atoms with Gasteiger partial charge in [0, 0.05) is 0 Å². The second kappa shape index (κ2) is 6.58. The summed E-state index contributed by atoms with van der Waals surface area (Å²) in [5, 5.41) is 3.12. The summed E-state index contributed by atoms with van der Waals surface area (Å²) in [6.07, 6.45) is 4.07. The van der Waals surface area contributed by atoms with Gasteiger partial charge in [0.25, 0.3) is 0 Å². The molecule has 1 fully saturated rings. The minimum atomic E-state index is 0.407. The molecule has 1 aromatic heterocycles. The molecule has 2 rings (SSSR count). The van der Waals surface area contributed by atoms with Gasteiger partial charge in [-0.05, 0) is 56.7 Å². The van der Waals surface area contributed by atoms with Crippen LogP contribution in [0.3, 0.4) is 0 Å². The van der Waals surface area contributed by atoms with Crippen LogP contribution in [0.25, 0.3) is 0 Å². The van der Waals surface area contributed by atoms with Crippen LogP contribution in [-0.4, -0.2) is 13.2 Å². The summed E-state index contributed by atoms with van der Waals surface area (Å²) in [5.74, 6) is 3.59. The Hall–Kier alpha value is -0.800. The first-order valence-corrected chi connectivity index (χ1v) is 7.44. The Labute approximate surface area is 116 Å². The number of hydrogen-bond donors (Lipinski definition) is 1. The van der Waals surface area contributed by atoms with Crippen LogP contribution < -0.4 is 5.32 Å². The van der Waals surface area contributed by atoms with E-state index in [-0.39, 0.29) is 0 Å². The van der Waals surface area contributed by atoms with Crippen molar-refractivity contribution in [1.82, 2.24) is 5.32 Å². The van der Waals surface area contributed by atoms with Gasteiger partial charge in [0.05, 0.1) is 12.6 Å². The van der Waals surface area contributed by atoms with E-state index in [4.69, 9.17) is 9.15 Å². The van der Waals surface area contributed by atoms with Gasteiger partial charge in [0.1, 0.15) is 18.1 Å². The van der Waals surface area contributed by atoms with E-state index in [1.54, 1.807) is 0 Å². The zero-order valence-corrected chi connectivity index (χ0v) is 12.7. The fourth-order valence-corrected chi connectivity index (χ4v) is 2.85. The van der Waals surface area contributed by atoms with Crippen LogP contribution in [0.1, 0.15) is 50.2 Å². The third-order valence-corrected chi connectivity index (χ3v) is 4.42. The third-order valence-electron chi connectivity index (χ3n) is 4.42. The quantitative estimate of drug-likeness (QED) is 0.882. The minimum Gasteiger partial charge on any atom is -0.462 e. The predicted octanol–water partition coefficient (Wildman–Crippen LogP) is 3.65. The molecule has 3 unspecified atom stereocenters. The summed E-state index contributed by atoms with van der Waals surface area (Å²) in [4.78, 5) is 0. The fraction of sp³-hybridized carbons (Fsp3) is 0.750. The van der Waals surface area contributed by atoms with Crippen molar-refractivity contribution in [3.05, 3.63) is 23.2 Å². The normalized spacial score (nSPS) is 27.7. The van der Waals surface area contributed by atoms with Gasteiger partial charge in [-0.15, -0.1) is 0 Å². The molecule has 3 atom stereocenters. The lowest BCUT2D eigenvalue weighted by Gasteiger charge is -2.31. The number of aryl methyl sites for hydroxylation is 1. The Morgan fingerprint density at radius 2 is 2.11 bits per heavy atom. The Morgan fingerprint density at radius 3 is 2.79 bits per heavy atom. The predicted molar refractivity (Wildman–Crippen MR) is 77.0 cm³/mol. The Bertz CT molecular complexity index is 399. The summed E-state index contributed by atoms with van der Waals surface area (Å²) >= 11 is 0. The standard InChI is InChI=1S/C16H27NO2/c1-11-5-6-14(7-12(11)2)18-10-15-8-13(3)16(19-15)9-17-4/h8,11-12,14,17H,5-7,9-10H2,1-4H3. The van der Waals surface area contributed by atoms with E-state index in [1.807, 2.05) is 7.05 Å². The van der Waals surface area contributed by atoms with Crippen LogP contribution in [0.15, 0.2) is 10.5 Å². The number of ether oxygens (including phenoxy) is 1. The summed E-state index contributed by atoms with van der Waals surface area (Å²) in [6, 6.07) is 2.10. The zero-order chi connectivity index (χ0) is 13.8. The smallest absolute Gasteiger partial charge is 0.130 e. The van der Waals surface area contributed by atoms with Crippen molar-refractivity contribution in [2.75, 3.05) is 7.05 Å². The molecule has 0 aromatic carbocycles. The molecule has 1 saturated carbocycles. The van der Waals surface area contributed by atoms with Crippen molar-refractivity contribution < 1.29 is 9.15 Å². The zero-order valence-electron chi connectivity index (χ0n) is 12.7. The molecule has 1 aliphatic carbocycles. The van der Waals surface area contributed by atoms with Crippen molar-refractivity contribution in [2.45, 2.75) is 59.3 Å². The van der Waals surface area contributed by atoms with Crippen LogP contribution in [0.5, 0.6) is 0 Å². The first-order valence-electron chi connectivity index (χ1n) is 7.44. The molecular weight excluding hydrogens is 238 g/mol. The molecule has 0 amide bonds. The van der Waals surface area contributed by atoms with E-state index in [1.165, 1.54) is 24.8 Å². The first-order chi connectivity index (χ1) is 9.10. The molecule has 3 heteroatoms. The van der Waals surface area contributed by atoms with Gasteiger partial charge >= 0.3 is 0 Å². The van der Waals surface area contributed by atoms with E-state index < -0.39 is 0 Å². The lowest BCUT2D eigenvalue weighted by molar-refractivity contribution is -0.0142. The topological polar surface area (TPSA) is 34.4 Å². The second-order valence-corrected chi connectivity index (χ2v) is 6.05. The molecule has 19 heavy (non-hydrogen) atoms. The average molecular weight is 265 g/mol. The molecule has 0 bridgehead atoms. The highest BCUT2D eigenvalue weighted by Gasteiger charge is 2.25. The number of rotatable bonds is 5. The maximum absolute atomic E-state index is 6.02. The highest BCUT2D eigenvalue weighted by atomic mass is 16.5. The maximum atomic E-state index is 6.02. The lowest BCUT2D eigenvalue weighted by Crippen LogP contribution is -2.26. The van der Waals surface area contributed by atoms with Crippen molar-refractivity contribution in [3.63, 3.8) is 0 Å². The summed E-state index contributed by atoms with van der Waals surface area (Å²) < 4.78 is 11.8. The van der Waals surface area contributed by atoms with E-state index in [0.29, 0.717) is 12.7 Å². The van der Waals surface area contributed by atoms with Crippen molar-refractivity contribution in [3.8, 4) is 0 Å². The molecule has 1 heterocycles. The van der Waals surface area contributed by atoms with Crippen molar-refractivity contribution >= 4 is 0 Å². The van der Waals surface area contributed by atoms with Crippen LogP contribution in [0, 0.1) is 18.8 Å². The Balaban J connectivity index is 1.83. The molecule has 0 aliphatic heterocycles. The fourth-order valence-electron chi connectivity index (χ4n) is 2.85. The Morgan fingerprint density at radius 1 is 1.32 bits per heavy atom. The largest absolute Gasteiger partial charge is 0.462 e. The molecule has 0 spiro atoms. The van der Waals surface area contributed by atoms with Crippen LogP contribution in [0.2, 0.25) is 0 Å². The minimum absolute atomic E-state index is 0.407. The molecule has 108 valence electrons. The molecule has 1 aliphatic rings. The maximum Gasteiger partial charge on any atom is 0.130 e. The molecule has 0 radical (unpaired) electrons. The number of hydrogen-bond acceptors (Lipinski definition) is 3. The molecule has 0 saturated heterocycles. The van der Waals surface area contributed by atoms with E-state index in [2.05, 4.69) is 32.2 Å². The molecule has 1 N–H and O–H groups in total. The van der Waals surface area contributed by atoms with Gasteiger partial charge in [0.15, 0.2) is 0 Å². The first kappa shape index (κ1) is 14.6. The average Bonchev–Trinajstić information content (AvgIpc) is 2.72. The van der Waals surface area contributed by atoms with Gasteiger partial charge in [-0.1, -0.05) is 13.8 Å². The summed E-state index contributed by atoms with van der Waals surface area (Å²) in [5.41, 5.74) is 1.21. The van der Waals surface area contributed by atoms with Gasteiger partial charge in [-0.3, -0.25) is 0 Å². The molecule has 1 aromatic rings. The van der Waals surface area contributed by atoms with Crippen LogP contribution in [0.4, 0.5) is 0 Å². The molecule has 3 nitrogen and oxygen atoms in total. The van der Waals surface area contributed by atoms with E-state index in [0.717, 1.165) is 29.9 Å². The van der Waals surface area contributed by atoms with Gasteiger partial charge in [0.2, 0.25) is 0 Å². The second-order valence-electron chi connectivity index (χ2n) is 6.05. The third kappa shape index (κ3) is 3.83. The van der Waals surface area contributed by atoms with Gasteiger partial charge in [-0.25, -0.2) is 0 Å². The SMILES string of the molecule is CNCc1oc(COC2CCC(C)C(C)C2)cc1C.